The molecule has 1 fully saturated rings. The van der Waals surface area contributed by atoms with Crippen LogP contribution in [0.2, 0.25) is 0 Å². The summed E-state index contributed by atoms with van der Waals surface area (Å²) < 4.78 is 11.0. The molecule has 216 valence electrons. The number of hydrogen-bond acceptors (Lipinski definition) is 6. The Kier molecular flexibility index (Phi) is 18.0. The van der Waals surface area contributed by atoms with Gasteiger partial charge in [0.05, 0.1) is 25.3 Å². The summed E-state index contributed by atoms with van der Waals surface area (Å²) in [5.41, 5.74) is 0. The fourth-order valence-corrected chi connectivity index (χ4v) is 4.75. The minimum atomic E-state index is -0.852. The van der Waals surface area contributed by atoms with Crippen molar-refractivity contribution in [2.45, 2.75) is 135 Å². The molecule has 0 saturated carbocycles. The number of carbonyl (C=O) groups is 3. The number of hydrogen-bond donors (Lipinski definition) is 2. The van der Waals surface area contributed by atoms with E-state index in [-0.39, 0.29) is 31.8 Å². The molecule has 4 amide bonds. The smallest absolute Gasteiger partial charge is 0.409 e. The zero-order valence-electron chi connectivity index (χ0n) is 23.8. The van der Waals surface area contributed by atoms with Crippen molar-refractivity contribution in [1.29, 1.82) is 0 Å². The van der Waals surface area contributed by atoms with Gasteiger partial charge in [-0.1, -0.05) is 97.3 Å². The van der Waals surface area contributed by atoms with Crippen molar-refractivity contribution >= 4 is 18.0 Å². The van der Waals surface area contributed by atoms with E-state index in [0.717, 1.165) is 24.2 Å². The third-order valence-electron chi connectivity index (χ3n) is 7.21. The molecule has 0 bridgehead atoms. The predicted molar refractivity (Wildman–Crippen MR) is 145 cm³/mol. The number of ether oxygens (including phenoxy) is 2. The molecule has 3 unspecified atom stereocenters. The standard InChI is InChI=1S/C28H53N3O6/c1-5-7-8-9-10-11-12-13-14-15-16-17-18-19-24(23(3)36-4)29-27(34)37-26(6-2)31-22-25(33)30(20-21-32)28(31)35/h23-24,26,32H,5-22H2,1-4H3,(H,29,34). The molecule has 37 heavy (non-hydrogen) atoms. The summed E-state index contributed by atoms with van der Waals surface area (Å²) in [6.45, 7) is 5.42. The van der Waals surface area contributed by atoms with Crippen LogP contribution in [0.3, 0.4) is 0 Å². The Bertz CT molecular complexity index is 647. The van der Waals surface area contributed by atoms with Gasteiger partial charge in [0.25, 0.3) is 5.91 Å². The number of rotatable bonds is 22. The minimum absolute atomic E-state index is 0.0661. The van der Waals surface area contributed by atoms with Crippen molar-refractivity contribution in [3.05, 3.63) is 0 Å². The monoisotopic (exact) mass is 527 g/mol. The van der Waals surface area contributed by atoms with Gasteiger partial charge in [-0.3, -0.25) is 14.6 Å². The molecule has 9 nitrogen and oxygen atoms in total. The molecule has 9 heteroatoms. The summed E-state index contributed by atoms with van der Waals surface area (Å²) in [7, 11) is 1.62. The lowest BCUT2D eigenvalue weighted by molar-refractivity contribution is -0.126. The number of urea groups is 1. The van der Waals surface area contributed by atoms with Gasteiger partial charge in [-0.05, 0) is 13.3 Å². The predicted octanol–water partition coefficient (Wildman–Crippen LogP) is 5.59. The van der Waals surface area contributed by atoms with Crippen LogP contribution in [-0.2, 0) is 14.3 Å². The molecule has 0 aromatic carbocycles. The van der Waals surface area contributed by atoms with E-state index in [1.165, 1.54) is 75.5 Å². The van der Waals surface area contributed by atoms with E-state index in [0.29, 0.717) is 6.42 Å². The fourth-order valence-electron chi connectivity index (χ4n) is 4.75. The van der Waals surface area contributed by atoms with E-state index in [9.17, 15) is 14.4 Å². The van der Waals surface area contributed by atoms with Crippen molar-refractivity contribution in [3.8, 4) is 0 Å². The fraction of sp³-hybridized carbons (Fsp3) is 0.893. The quantitative estimate of drug-likeness (QED) is 0.140. The van der Waals surface area contributed by atoms with Crippen molar-refractivity contribution < 1.29 is 29.0 Å². The maximum Gasteiger partial charge on any atom is 0.409 e. The Balaban J connectivity index is 2.32. The Morgan fingerprint density at radius 1 is 0.946 bits per heavy atom. The van der Waals surface area contributed by atoms with Crippen molar-refractivity contribution in [1.82, 2.24) is 15.1 Å². The van der Waals surface area contributed by atoms with E-state index >= 15 is 0 Å². The number of nitrogens with one attached hydrogen (secondary N) is 1. The lowest BCUT2D eigenvalue weighted by Gasteiger charge is -2.28. The van der Waals surface area contributed by atoms with Crippen LogP contribution in [0.15, 0.2) is 0 Å². The topological polar surface area (TPSA) is 108 Å². The van der Waals surface area contributed by atoms with Crippen LogP contribution in [0.5, 0.6) is 0 Å². The number of carbonyl (C=O) groups excluding carboxylic acids is 3. The van der Waals surface area contributed by atoms with Gasteiger partial charge in [0.15, 0.2) is 6.23 Å². The molecular weight excluding hydrogens is 474 g/mol. The molecule has 0 aliphatic carbocycles. The number of amides is 4. The third-order valence-corrected chi connectivity index (χ3v) is 7.21. The number of β-amino-alcohol motifs (C(OH)–C–C–N with tert-alkyl or cyclic N) is 1. The van der Waals surface area contributed by atoms with Gasteiger partial charge in [-0.2, -0.15) is 0 Å². The molecule has 0 aromatic heterocycles. The summed E-state index contributed by atoms with van der Waals surface area (Å²) >= 11 is 0. The average Bonchev–Trinajstić information content (AvgIpc) is 3.17. The Morgan fingerprint density at radius 3 is 1.97 bits per heavy atom. The summed E-state index contributed by atoms with van der Waals surface area (Å²) in [4.78, 5) is 39.5. The summed E-state index contributed by atoms with van der Waals surface area (Å²) in [5, 5.41) is 12.0. The highest BCUT2D eigenvalue weighted by Crippen LogP contribution is 2.18. The average molecular weight is 528 g/mol. The van der Waals surface area contributed by atoms with Gasteiger partial charge in [-0.15, -0.1) is 0 Å². The van der Waals surface area contributed by atoms with Gasteiger partial charge in [0.2, 0.25) is 0 Å². The van der Waals surface area contributed by atoms with Crippen LogP contribution in [-0.4, -0.2) is 78.1 Å². The summed E-state index contributed by atoms with van der Waals surface area (Å²) in [5.74, 6) is -0.408. The van der Waals surface area contributed by atoms with Crippen LogP contribution in [0.25, 0.3) is 0 Å². The van der Waals surface area contributed by atoms with Crippen LogP contribution in [0, 0.1) is 0 Å². The number of unbranched alkanes of at least 4 members (excludes halogenated alkanes) is 12. The highest BCUT2D eigenvalue weighted by molar-refractivity contribution is 6.02. The first-order valence-corrected chi connectivity index (χ1v) is 14.6. The highest BCUT2D eigenvalue weighted by Gasteiger charge is 2.40. The second-order valence-electron chi connectivity index (χ2n) is 10.2. The number of imide groups is 1. The van der Waals surface area contributed by atoms with Crippen LogP contribution in [0.1, 0.15) is 117 Å². The van der Waals surface area contributed by atoms with E-state index in [4.69, 9.17) is 14.6 Å². The molecule has 0 aromatic rings. The SMILES string of the molecule is CCCCCCCCCCCCCCCC(NC(=O)OC(CC)N1CC(=O)N(CCO)C1=O)C(C)OC. The molecule has 0 spiro atoms. The molecule has 1 aliphatic heterocycles. The van der Waals surface area contributed by atoms with Crippen molar-refractivity contribution in [3.63, 3.8) is 0 Å². The molecule has 1 saturated heterocycles. The lowest BCUT2D eigenvalue weighted by Crippen LogP contribution is -2.47. The molecule has 1 rings (SSSR count). The summed E-state index contributed by atoms with van der Waals surface area (Å²) in [6, 6.07) is -0.753. The first-order chi connectivity index (χ1) is 17.9. The van der Waals surface area contributed by atoms with Gasteiger partial charge in [0, 0.05) is 13.5 Å². The number of alkyl carbamates (subject to hydrolysis) is 1. The maximum absolute atomic E-state index is 12.7. The molecule has 2 N–H and O–H groups in total. The maximum atomic E-state index is 12.7. The molecular formula is C28H53N3O6. The van der Waals surface area contributed by atoms with Gasteiger partial charge in [-0.25, -0.2) is 9.59 Å². The van der Waals surface area contributed by atoms with E-state index in [1.54, 1.807) is 14.0 Å². The minimum Gasteiger partial charge on any atom is -0.425 e. The van der Waals surface area contributed by atoms with Crippen molar-refractivity contribution in [2.24, 2.45) is 0 Å². The molecule has 1 heterocycles. The van der Waals surface area contributed by atoms with E-state index < -0.39 is 24.3 Å². The number of aliphatic hydroxyl groups excluding tert-OH is 1. The zero-order valence-corrected chi connectivity index (χ0v) is 23.8. The summed E-state index contributed by atoms with van der Waals surface area (Å²) in [6.07, 6.45) is 16.2. The zero-order chi connectivity index (χ0) is 27.5. The first kappa shape index (κ1) is 33.2. The number of nitrogens with zero attached hydrogens (tertiary/aromatic N) is 2. The largest absolute Gasteiger partial charge is 0.425 e. The van der Waals surface area contributed by atoms with Crippen LogP contribution in [0.4, 0.5) is 9.59 Å². The number of aliphatic hydroxyl groups is 1. The van der Waals surface area contributed by atoms with Crippen LogP contribution >= 0.6 is 0 Å². The molecule has 3 atom stereocenters. The third kappa shape index (κ3) is 13.0. The van der Waals surface area contributed by atoms with Gasteiger partial charge < -0.3 is 19.9 Å². The van der Waals surface area contributed by atoms with E-state index in [2.05, 4.69) is 12.2 Å². The number of methoxy groups -OCH3 is 1. The second kappa shape index (κ2) is 20.1. The Labute approximate surface area is 224 Å². The second-order valence-corrected chi connectivity index (χ2v) is 10.2. The van der Waals surface area contributed by atoms with Crippen molar-refractivity contribution in [2.75, 3.05) is 26.8 Å². The first-order valence-electron chi connectivity index (χ1n) is 14.6. The van der Waals surface area contributed by atoms with E-state index in [1.807, 2.05) is 6.92 Å². The molecule has 1 aliphatic rings. The lowest BCUT2D eigenvalue weighted by atomic mass is 10.0. The normalized spacial score (nSPS) is 16.2. The Morgan fingerprint density at radius 2 is 1.49 bits per heavy atom. The van der Waals surface area contributed by atoms with Gasteiger partial charge >= 0.3 is 12.1 Å². The molecule has 0 radical (unpaired) electrons. The Hall–Kier alpha value is -1.87. The highest BCUT2D eigenvalue weighted by atomic mass is 16.6. The van der Waals surface area contributed by atoms with Crippen LogP contribution < -0.4 is 5.32 Å². The van der Waals surface area contributed by atoms with Gasteiger partial charge in [0.1, 0.15) is 6.54 Å².